The maximum absolute atomic E-state index is 13.6. The van der Waals surface area contributed by atoms with Crippen LogP contribution in [0.4, 0.5) is 15.2 Å². The van der Waals surface area contributed by atoms with Crippen LogP contribution < -0.4 is 5.32 Å². The molecule has 1 N–H and O–H groups in total. The quantitative estimate of drug-likeness (QED) is 0.566. The minimum absolute atomic E-state index is 0.00468. The first-order chi connectivity index (χ1) is 11.0. The molecule has 0 aliphatic rings. The summed E-state index contributed by atoms with van der Waals surface area (Å²) >= 11 is 2.35. The summed E-state index contributed by atoms with van der Waals surface area (Å²) in [7, 11) is 0. The van der Waals surface area contributed by atoms with E-state index in [0.29, 0.717) is 15.7 Å². The highest BCUT2D eigenvalue weighted by atomic mass is 32.1. The molecule has 0 radical (unpaired) electrons. The molecule has 0 aliphatic carbocycles. The van der Waals surface area contributed by atoms with Gasteiger partial charge in [0.05, 0.1) is 26.4 Å². The maximum atomic E-state index is 13.6. The number of nitrogens with one attached hydrogen (secondary N) is 1. The highest BCUT2D eigenvalue weighted by Gasteiger charge is 2.16. The third-order valence-corrected chi connectivity index (χ3v) is 4.59. The first-order valence-electron chi connectivity index (χ1n) is 6.29. The Morgan fingerprint density at radius 1 is 1.26 bits per heavy atom. The van der Waals surface area contributed by atoms with Gasteiger partial charge in [0.1, 0.15) is 5.82 Å². The third-order valence-electron chi connectivity index (χ3n) is 2.89. The maximum Gasteiger partial charge on any atom is 0.280 e. The Kier molecular flexibility index (Phi) is 4.13. The van der Waals surface area contributed by atoms with Crippen molar-refractivity contribution in [2.75, 3.05) is 5.32 Å². The topological polar surface area (TPSA) is 85.1 Å². The van der Waals surface area contributed by atoms with Gasteiger partial charge >= 0.3 is 0 Å². The molecule has 1 aromatic carbocycles. The van der Waals surface area contributed by atoms with Gasteiger partial charge in [0, 0.05) is 11.4 Å². The number of carbonyl (C=O) groups excluding carboxylic acids is 1. The zero-order valence-corrected chi connectivity index (χ0v) is 13.0. The van der Waals surface area contributed by atoms with Crippen molar-refractivity contribution in [3.8, 4) is 10.6 Å². The van der Waals surface area contributed by atoms with Gasteiger partial charge in [-0.3, -0.25) is 20.2 Å². The SMILES string of the molecule is O=C(Nc1nc(-c2cc([N+](=O)[O-])cs2)cs1)c1ccccc1F. The Labute approximate surface area is 137 Å². The Bertz CT molecular complexity index is 891. The smallest absolute Gasteiger partial charge is 0.280 e. The number of thiophene rings is 1. The minimum atomic E-state index is -0.615. The lowest BCUT2D eigenvalue weighted by Crippen LogP contribution is -2.13. The molecule has 0 unspecified atom stereocenters. The van der Waals surface area contributed by atoms with Crippen molar-refractivity contribution in [2.24, 2.45) is 0 Å². The van der Waals surface area contributed by atoms with E-state index in [1.165, 1.54) is 41.0 Å². The molecule has 0 fully saturated rings. The lowest BCUT2D eigenvalue weighted by atomic mass is 10.2. The van der Waals surface area contributed by atoms with Crippen molar-refractivity contribution in [1.29, 1.82) is 0 Å². The van der Waals surface area contributed by atoms with Crippen LogP contribution in [0.2, 0.25) is 0 Å². The molecule has 2 heterocycles. The molecule has 23 heavy (non-hydrogen) atoms. The fourth-order valence-electron chi connectivity index (χ4n) is 1.81. The molecule has 3 rings (SSSR count). The van der Waals surface area contributed by atoms with Crippen LogP contribution >= 0.6 is 22.7 Å². The molecule has 0 saturated heterocycles. The third kappa shape index (κ3) is 3.25. The number of benzene rings is 1. The van der Waals surface area contributed by atoms with Crippen LogP contribution in [-0.2, 0) is 0 Å². The second kappa shape index (κ2) is 6.23. The molecule has 2 aromatic heterocycles. The average Bonchev–Trinajstić information content (AvgIpc) is 3.16. The van der Waals surface area contributed by atoms with Gasteiger partial charge in [0.25, 0.3) is 11.6 Å². The van der Waals surface area contributed by atoms with Crippen LogP contribution in [0.3, 0.4) is 0 Å². The van der Waals surface area contributed by atoms with Gasteiger partial charge < -0.3 is 0 Å². The van der Waals surface area contributed by atoms with E-state index >= 15 is 0 Å². The van der Waals surface area contributed by atoms with E-state index in [0.717, 1.165) is 11.3 Å². The van der Waals surface area contributed by atoms with Gasteiger partial charge in [-0.2, -0.15) is 0 Å². The fraction of sp³-hybridized carbons (Fsp3) is 0. The molecule has 9 heteroatoms. The van der Waals surface area contributed by atoms with Crippen molar-refractivity contribution in [2.45, 2.75) is 0 Å². The number of hydrogen-bond acceptors (Lipinski definition) is 6. The Balaban J connectivity index is 1.78. The monoisotopic (exact) mass is 349 g/mol. The largest absolute Gasteiger partial charge is 0.298 e. The highest BCUT2D eigenvalue weighted by Crippen LogP contribution is 2.32. The Hall–Kier alpha value is -2.65. The highest BCUT2D eigenvalue weighted by molar-refractivity contribution is 7.16. The molecule has 6 nitrogen and oxygen atoms in total. The molecule has 0 saturated carbocycles. The molecular formula is C14H8FN3O3S2. The van der Waals surface area contributed by atoms with E-state index in [4.69, 9.17) is 0 Å². The van der Waals surface area contributed by atoms with Gasteiger partial charge in [-0.15, -0.1) is 22.7 Å². The summed E-state index contributed by atoms with van der Waals surface area (Å²) in [4.78, 5) is 27.0. The van der Waals surface area contributed by atoms with Crippen LogP contribution in [0.1, 0.15) is 10.4 Å². The van der Waals surface area contributed by atoms with Crippen LogP contribution in [0.15, 0.2) is 41.1 Å². The summed E-state index contributed by atoms with van der Waals surface area (Å²) in [6.45, 7) is 0. The molecule has 0 aliphatic heterocycles. The van der Waals surface area contributed by atoms with E-state index in [-0.39, 0.29) is 11.3 Å². The predicted octanol–water partition coefficient (Wildman–Crippen LogP) is 4.17. The average molecular weight is 349 g/mol. The van der Waals surface area contributed by atoms with Gasteiger partial charge in [-0.1, -0.05) is 12.1 Å². The second-order valence-electron chi connectivity index (χ2n) is 4.40. The van der Waals surface area contributed by atoms with Crippen LogP contribution in [0.5, 0.6) is 0 Å². The molecule has 0 bridgehead atoms. The standard InChI is InChI=1S/C14H8FN3O3S2/c15-10-4-2-1-3-9(10)13(19)17-14-16-11(7-23-14)12-5-8(6-22-12)18(20)21/h1-7H,(H,16,17,19). The van der Waals surface area contributed by atoms with E-state index < -0.39 is 16.6 Å². The number of halogens is 1. The number of nitrogens with zero attached hydrogens (tertiary/aromatic N) is 2. The lowest BCUT2D eigenvalue weighted by molar-refractivity contribution is -0.384. The number of carbonyl (C=O) groups is 1. The molecule has 0 spiro atoms. The van der Waals surface area contributed by atoms with Crippen molar-refractivity contribution in [3.63, 3.8) is 0 Å². The van der Waals surface area contributed by atoms with Gasteiger partial charge in [0.15, 0.2) is 5.13 Å². The number of aromatic nitrogens is 1. The minimum Gasteiger partial charge on any atom is -0.298 e. The van der Waals surface area contributed by atoms with E-state index in [1.807, 2.05) is 0 Å². The number of hydrogen-bond donors (Lipinski definition) is 1. The molecular weight excluding hydrogens is 341 g/mol. The summed E-state index contributed by atoms with van der Waals surface area (Å²) in [5.74, 6) is -1.21. The normalized spacial score (nSPS) is 10.5. The summed E-state index contributed by atoms with van der Waals surface area (Å²) in [5, 5.41) is 16.6. The molecule has 116 valence electrons. The predicted molar refractivity (Wildman–Crippen MR) is 86.4 cm³/mol. The van der Waals surface area contributed by atoms with Gasteiger partial charge in [0.2, 0.25) is 0 Å². The molecule has 0 atom stereocenters. The van der Waals surface area contributed by atoms with Crippen molar-refractivity contribution in [1.82, 2.24) is 4.98 Å². The van der Waals surface area contributed by atoms with Crippen molar-refractivity contribution >= 4 is 39.4 Å². The van der Waals surface area contributed by atoms with Crippen LogP contribution in [-0.4, -0.2) is 15.8 Å². The van der Waals surface area contributed by atoms with Crippen molar-refractivity contribution < 1.29 is 14.1 Å². The molecule has 1 amide bonds. The molecule has 3 aromatic rings. The number of anilines is 1. The number of rotatable bonds is 4. The van der Waals surface area contributed by atoms with Gasteiger partial charge in [-0.25, -0.2) is 9.37 Å². The van der Waals surface area contributed by atoms with E-state index in [2.05, 4.69) is 10.3 Å². The zero-order valence-electron chi connectivity index (χ0n) is 11.4. The van der Waals surface area contributed by atoms with E-state index in [9.17, 15) is 19.3 Å². The Morgan fingerprint density at radius 2 is 2.04 bits per heavy atom. The van der Waals surface area contributed by atoms with Crippen LogP contribution in [0, 0.1) is 15.9 Å². The summed E-state index contributed by atoms with van der Waals surface area (Å²) < 4.78 is 13.6. The lowest BCUT2D eigenvalue weighted by Gasteiger charge is -2.02. The summed E-state index contributed by atoms with van der Waals surface area (Å²) in [6.07, 6.45) is 0. The van der Waals surface area contributed by atoms with Crippen molar-refractivity contribution in [3.05, 3.63) is 62.6 Å². The van der Waals surface area contributed by atoms with Gasteiger partial charge in [-0.05, 0) is 12.1 Å². The summed E-state index contributed by atoms with van der Waals surface area (Å²) in [6, 6.07) is 7.06. The summed E-state index contributed by atoms with van der Waals surface area (Å²) in [5.41, 5.74) is 0.447. The first-order valence-corrected chi connectivity index (χ1v) is 8.05. The zero-order chi connectivity index (χ0) is 16.4. The Morgan fingerprint density at radius 3 is 2.74 bits per heavy atom. The van der Waals surface area contributed by atoms with E-state index in [1.54, 1.807) is 11.4 Å². The number of thiazole rings is 1. The van der Waals surface area contributed by atoms with Crippen LogP contribution in [0.25, 0.3) is 10.6 Å². The fourth-order valence-corrected chi connectivity index (χ4v) is 3.41. The number of amides is 1. The second-order valence-corrected chi connectivity index (χ2v) is 6.17. The number of nitro groups is 1. The first kappa shape index (κ1) is 15.3.